The van der Waals surface area contributed by atoms with Crippen LogP contribution in [-0.2, 0) is 26.0 Å². The smallest absolute Gasteiger partial charge is 0.257 e. The Morgan fingerprint density at radius 2 is 1.53 bits per heavy atom. The summed E-state index contributed by atoms with van der Waals surface area (Å²) in [5.74, 6) is -2.62. The van der Waals surface area contributed by atoms with Gasteiger partial charge in [-0.2, -0.15) is 0 Å². The van der Waals surface area contributed by atoms with Crippen LogP contribution in [0.2, 0.25) is 0 Å². The second-order valence-electron chi connectivity index (χ2n) is 7.49. The number of sulfonamides is 1. The maximum absolute atomic E-state index is 13.5. The van der Waals surface area contributed by atoms with Gasteiger partial charge in [-0.1, -0.05) is 82.7 Å². The number of carbonyl (C=O) groups excluding carboxylic acids is 2. The molecule has 0 aliphatic heterocycles. The van der Waals surface area contributed by atoms with Gasteiger partial charge in [-0.3, -0.25) is 9.59 Å². The average molecular weight is 541 g/mol. The van der Waals surface area contributed by atoms with Gasteiger partial charge in [-0.05, 0) is 48.7 Å². The molecule has 3 rings (SSSR count). The molecule has 0 aromatic heterocycles. The van der Waals surface area contributed by atoms with Crippen LogP contribution < -0.4 is 9.62 Å². The fraction of sp³-hybridized carbons (Fsp3) is 0.154. The van der Waals surface area contributed by atoms with Crippen LogP contribution in [0.5, 0.6) is 0 Å². The maximum Gasteiger partial charge on any atom is 0.257 e. The van der Waals surface area contributed by atoms with E-state index in [1.54, 1.807) is 67.6 Å². The number of carbonyl (C=O) groups is 2. The Kier molecular flexibility index (Phi) is 8.79. The van der Waals surface area contributed by atoms with Gasteiger partial charge in [0.15, 0.2) is 0 Å². The summed E-state index contributed by atoms with van der Waals surface area (Å²) in [5, 5.41) is 0.926. The van der Waals surface area contributed by atoms with Gasteiger partial charge in [0.05, 0.1) is 5.41 Å². The minimum absolute atomic E-state index is 0.0351. The molecule has 0 radical (unpaired) electrons. The zero-order valence-corrected chi connectivity index (χ0v) is 21.0. The standard InChI is InChI=1S/C26H25BrN2O4S/c1-2-29(22-14-7-4-8-15-22)26(31)23(19-21-13-9-10-16-24(21)27)25(30)28-34(32,33)18-17-20-11-5-3-6-12-20/h3-18,23H,2,19H2,1H3,(H,28,30). The molecule has 34 heavy (non-hydrogen) atoms. The van der Waals surface area contributed by atoms with E-state index in [2.05, 4.69) is 20.7 Å². The third kappa shape index (κ3) is 6.88. The van der Waals surface area contributed by atoms with Crippen molar-refractivity contribution in [2.24, 2.45) is 5.92 Å². The molecule has 0 heterocycles. The molecule has 0 fully saturated rings. The van der Waals surface area contributed by atoms with Crippen LogP contribution in [0, 0.1) is 5.92 Å². The van der Waals surface area contributed by atoms with Crippen molar-refractivity contribution in [2.45, 2.75) is 13.3 Å². The fourth-order valence-electron chi connectivity index (χ4n) is 3.42. The highest BCUT2D eigenvalue weighted by Gasteiger charge is 2.33. The van der Waals surface area contributed by atoms with Crippen molar-refractivity contribution < 1.29 is 18.0 Å². The van der Waals surface area contributed by atoms with Crippen LogP contribution in [0.25, 0.3) is 6.08 Å². The molecule has 0 spiro atoms. The molecule has 0 bridgehead atoms. The molecule has 2 amide bonds. The van der Waals surface area contributed by atoms with E-state index in [1.807, 2.05) is 24.3 Å². The quantitative estimate of drug-likeness (QED) is 0.396. The van der Waals surface area contributed by atoms with Crippen LogP contribution in [-0.4, -0.2) is 26.8 Å². The lowest BCUT2D eigenvalue weighted by Crippen LogP contribution is -2.46. The molecule has 8 heteroatoms. The summed E-state index contributed by atoms with van der Waals surface area (Å²) in [7, 11) is -4.12. The second kappa shape index (κ2) is 11.8. The zero-order valence-electron chi connectivity index (χ0n) is 18.6. The van der Waals surface area contributed by atoms with Crippen molar-refractivity contribution in [3.8, 4) is 0 Å². The molecule has 0 saturated carbocycles. The van der Waals surface area contributed by atoms with Crippen molar-refractivity contribution in [1.29, 1.82) is 0 Å². The monoisotopic (exact) mass is 540 g/mol. The molecular formula is C26H25BrN2O4S. The van der Waals surface area contributed by atoms with Gasteiger partial charge in [0.1, 0.15) is 5.92 Å². The molecular weight excluding hydrogens is 516 g/mol. The third-order valence-corrected chi connectivity index (χ3v) is 6.88. The minimum Gasteiger partial charge on any atom is -0.312 e. The number of rotatable bonds is 9. The average Bonchev–Trinajstić information content (AvgIpc) is 2.83. The highest BCUT2D eigenvalue weighted by molar-refractivity contribution is 9.10. The van der Waals surface area contributed by atoms with Crippen LogP contribution in [0.15, 0.2) is 94.8 Å². The van der Waals surface area contributed by atoms with Gasteiger partial charge >= 0.3 is 0 Å². The molecule has 1 atom stereocenters. The van der Waals surface area contributed by atoms with Gasteiger partial charge in [-0.25, -0.2) is 13.1 Å². The zero-order chi connectivity index (χ0) is 24.6. The van der Waals surface area contributed by atoms with Crippen LogP contribution in [0.1, 0.15) is 18.1 Å². The van der Waals surface area contributed by atoms with E-state index in [0.717, 1.165) is 15.4 Å². The Morgan fingerprint density at radius 1 is 0.941 bits per heavy atom. The maximum atomic E-state index is 13.5. The van der Waals surface area contributed by atoms with Crippen molar-refractivity contribution in [3.63, 3.8) is 0 Å². The van der Waals surface area contributed by atoms with Crippen molar-refractivity contribution in [3.05, 3.63) is 106 Å². The first kappa shape index (κ1) is 25.4. The number of hydrogen-bond donors (Lipinski definition) is 1. The fourth-order valence-corrected chi connectivity index (χ4v) is 4.69. The number of anilines is 1. The van der Waals surface area contributed by atoms with E-state index >= 15 is 0 Å². The second-order valence-corrected chi connectivity index (χ2v) is 9.91. The number of amides is 2. The lowest BCUT2D eigenvalue weighted by atomic mass is 9.97. The lowest BCUT2D eigenvalue weighted by molar-refractivity contribution is -0.132. The summed E-state index contributed by atoms with van der Waals surface area (Å²) in [6.07, 6.45) is 1.43. The highest BCUT2D eigenvalue weighted by atomic mass is 79.9. The van der Waals surface area contributed by atoms with E-state index in [9.17, 15) is 18.0 Å². The van der Waals surface area contributed by atoms with Crippen molar-refractivity contribution >= 4 is 49.5 Å². The number of halogens is 1. The number of nitrogens with one attached hydrogen (secondary N) is 1. The van der Waals surface area contributed by atoms with E-state index in [4.69, 9.17) is 0 Å². The Morgan fingerprint density at radius 3 is 2.15 bits per heavy atom. The van der Waals surface area contributed by atoms with Gasteiger partial charge in [0, 0.05) is 16.7 Å². The molecule has 0 saturated heterocycles. The predicted molar refractivity (Wildman–Crippen MR) is 138 cm³/mol. The minimum atomic E-state index is -4.12. The Balaban J connectivity index is 1.89. The number of nitrogens with zero attached hydrogens (tertiary/aromatic N) is 1. The summed E-state index contributed by atoms with van der Waals surface area (Å²) in [6.45, 7) is 2.13. The molecule has 176 valence electrons. The number of hydrogen-bond acceptors (Lipinski definition) is 4. The Hall–Kier alpha value is -3.23. The molecule has 3 aromatic rings. The van der Waals surface area contributed by atoms with Crippen LogP contribution in [0.3, 0.4) is 0 Å². The van der Waals surface area contributed by atoms with Crippen LogP contribution >= 0.6 is 15.9 Å². The third-order valence-electron chi connectivity index (χ3n) is 5.13. The Bertz CT molecular complexity index is 1260. The first-order valence-electron chi connectivity index (χ1n) is 10.7. The van der Waals surface area contributed by atoms with Crippen molar-refractivity contribution in [2.75, 3.05) is 11.4 Å². The highest BCUT2D eigenvalue weighted by Crippen LogP contribution is 2.23. The predicted octanol–water partition coefficient (Wildman–Crippen LogP) is 4.78. The normalized spacial score (nSPS) is 12.3. The lowest BCUT2D eigenvalue weighted by Gasteiger charge is -2.26. The molecule has 0 aliphatic rings. The molecule has 6 nitrogen and oxygen atoms in total. The van der Waals surface area contributed by atoms with Gasteiger partial charge in [-0.15, -0.1) is 0 Å². The number of benzene rings is 3. The molecule has 3 aromatic carbocycles. The SMILES string of the molecule is CCN(C(=O)C(Cc1ccccc1Br)C(=O)NS(=O)(=O)C=Cc1ccccc1)c1ccccc1. The Labute approximate surface area is 208 Å². The summed E-state index contributed by atoms with van der Waals surface area (Å²) in [4.78, 5) is 28.2. The first-order valence-corrected chi connectivity index (χ1v) is 13.0. The topological polar surface area (TPSA) is 83.6 Å². The van der Waals surface area contributed by atoms with Gasteiger partial charge in [0.2, 0.25) is 11.8 Å². The van der Waals surface area contributed by atoms with E-state index < -0.39 is 27.8 Å². The molecule has 1 unspecified atom stereocenters. The van der Waals surface area contributed by atoms with E-state index in [0.29, 0.717) is 17.8 Å². The van der Waals surface area contributed by atoms with Gasteiger partial charge < -0.3 is 4.90 Å². The number of para-hydroxylation sites is 1. The van der Waals surface area contributed by atoms with Crippen molar-refractivity contribution in [1.82, 2.24) is 4.72 Å². The molecule has 1 N–H and O–H groups in total. The summed E-state index contributed by atoms with van der Waals surface area (Å²) in [6, 6.07) is 25.1. The van der Waals surface area contributed by atoms with E-state index in [-0.39, 0.29) is 6.42 Å². The molecule has 0 aliphatic carbocycles. The first-order chi connectivity index (χ1) is 16.3. The summed E-state index contributed by atoms with van der Waals surface area (Å²) < 4.78 is 28.0. The van der Waals surface area contributed by atoms with E-state index in [1.165, 1.54) is 11.0 Å². The summed E-state index contributed by atoms with van der Waals surface area (Å²) >= 11 is 3.45. The van der Waals surface area contributed by atoms with Crippen LogP contribution in [0.4, 0.5) is 5.69 Å². The summed E-state index contributed by atoms with van der Waals surface area (Å²) in [5.41, 5.74) is 2.02. The largest absolute Gasteiger partial charge is 0.312 e. The van der Waals surface area contributed by atoms with Gasteiger partial charge in [0.25, 0.3) is 10.0 Å².